The maximum Gasteiger partial charge on any atom is 0.227 e. The maximum atomic E-state index is 12.7. The normalized spacial score (nSPS) is 18.9. The average Bonchev–Trinajstić information content (AvgIpc) is 3.45. The van der Waals surface area contributed by atoms with Crippen LogP contribution in [0.15, 0.2) is 42.5 Å². The van der Waals surface area contributed by atoms with Gasteiger partial charge in [0.05, 0.1) is 6.42 Å². The summed E-state index contributed by atoms with van der Waals surface area (Å²) in [6.45, 7) is 2.96. The zero-order valence-corrected chi connectivity index (χ0v) is 14.2. The van der Waals surface area contributed by atoms with Crippen LogP contribution in [0.4, 0.5) is 0 Å². The van der Waals surface area contributed by atoms with Crippen molar-refractivity contribution in [3.63, 3.8) is 0 Å². The summed E-state index contributed by atoms with van der Waals surface area (Å²) in [6.07, 6.45) is 5.49. The highest BCUT2D eigenvalue weighted by molar-refractivity contribution is 5.90. The first-order valence-electron chi connectivity index (χ1n) is 9.27. The van der Waals surface area contributed by atoms with Gasteiger partial charge >= 0.3 is 0 Å². The Bertz CT molecular complexity index is 709. The van der Waals surface area contributed by atoms with Crippen molar-refractivity contribution < 1.29 is 4.79 Å². The van der Waals surface area contributed by atoms with Gasteiger partial charge in [-0.1, -0.05) is 42.5 Å². The summed E-state index contributed by atoms with van der Waals surface area (Å²) in [7, 11) is 0. The lowest BCUT2D eigenvalue weighted by Gasteiger charge is -2.32. The van der Waals surface area contributed by atoms with Gasteiger partial charge in [0, 0.05) is 19.1 Å². The molecule has 2 fully saturated rings. The van der Waals surface area contributed by atoms with E-state index in [1.165, 1.54) is 30.2 Å². The number of piperidine rings is 1. The summed E-state index contributed by atoms with van der Waals surface area (Å²) in [5, 5.41) is 6.10. The van der Waals surface area contributed by atoms with Crippen LogP contribution >= 0.6 is 0 Å². The van der Waals surface area contributed by atoms with Gasteiger partial charge in [-0.25, -0.2) is 0 Å². The average molecular weight is 322 g/mol. The van der Waals surface area contributed by atoms with Crippen molar-refractivity contribution in [1.29, 1.82) is 0 Å². The van der Waals surface area contributed by atoms with Crippen LogP contribution in [0.25, 0.3) is 10.8 Å². The number of amides is 1. The molecule has 0 spiro atoms. The monoisotopic (exact) mass is 322 g/mol. The molecule has 0 unspecified atom stereocenters. The first-order valence-corrected chi connectivity index (χ1v) is 9.27. The molecule has 4 rings (SSSR count). The van der Waals surface area contributed by atoms with Crippen molar-refractivity contribution in [2.24, 2.45) is 5.92 Å². The predicted octanol–water partition coefficient (Wildman–Crippen LogP) is 3.37. The largest absolute Gasteiger partial charge is 0.342 e. The van der Waals surface area contributed by atoms with Gasteiger partial charge in [-0.05, 0) is 54.5 Å². The van der Waals surface area contributed by atoms with E-state index in [2.05, 4.69) is 40.5 Å². The lowest BCUT2D eigenvalue weighted by atomic mass is 10.00. The van der Waals surface area contributed by atoms with Gasteiger partial charge in [0.25, 0.3) is 0 Å². The second-order valence-electron chi connectivity index (χ2n) is 7.32. The number of likely N-dealkylation sites (tertiary alicyclic amines) is 1. The zero-order valence-electron chi connectivity index (χ0n) is 14.2. The third-order valence-corrected chi connectivity index (χ3v) is 5.46. The standard InChI is InChI=1S/C21H26N2O/c24-21(14-18-6-3-5-17-4-1-2-7-20(17)18)23-12-10-19(11-13-23)22-15-16-8-9-16/h1-7,16,19,22H,8-15H2. The minimum Gasteiger partial charge on any atom is -0.342 e. The van der Waals surface area contributed by atoms with Gasteiger partial charge in [0.15, 0.2) is 0 Å². The molecule has 126 valence electrons. The Kier molecular flexibility index (Phi) is 4.52. The van der Waals surface area contributed by atoms with E-state index in [4.69, 9.17) is 0 Å². The molecule has 1 heterocycles. The van der Waals surface area contributed by atoms with Gasteiger partial charge < -0.3 is 10.2 Å². The third-order valence-electron chi connectivity index (χ3n) is 5.46. The lowest BCUT2D eigenvalue weighted by molar-refractivity contribution is -0.131. The summed E-state index contributed by atoms with van der Waals surface area (Å²) in [5.41, 5.74) is 1.15. The van der Waals surface area contributed by atoms with Crippen molar-refractivity contribution >= 4 is 16.7 Å². The first kappa shape index (κ1) is 15.6. The molecule has 1 aliphatic carbocycles. The van der Waals surface area contributed by atoms with E-state index in [0.29, 0.717) is 12.5 Å². The maximum absolute atomic E-state index is 12.7. The van der Waals surface area contributed by atoms with E-state index in [-0.39, 0.29) is 5.91 Å². The predicted molar refractivity (Wildman–Crippen MR) is 98.0 cm³/mol. The molecule has 24 heavy (non-hydrogen) atoms. The minimum absolute atomic E-state index is 0.270. The first-order chi connectivity index (χ1) is 11.8. The summed E-state index contributed by atoms with van der Waals surface area (Å²) in [4.78, 5) is 14.8. The Labute approximate surface area is 144 Å². The fraction of sp³-hybridized carbons (Fsp3) is 0.476. The number of hydrogen-bond acceptors (Lipinski definition) is 2. The fourth-order valence-corrected chi connectivity index (χ4v) is 3.71. The van der Waals surface area contributed by atoms with E-state index in [1.807, 2.05) is 12.1 Å². The molecule has 3 heteroatoms. The minimum atomic E-state index is 0.270. The summed E-state index contributed by atoms with van der Waals surface area (Å²) in [5.74, 6) is 1.20. The zero-order chi connectivity index (χ0) is 16.4. The molecule has 2 aliphatic rings. The van der Waals surface area contributed by atoms with Crippen LogP contribution < -0.4 is 5.32 Å². The fourth-order valence-electron chi connectivity index (χ4n) is 3.71. The van der Waals surface area contributed by atoms with E-state index >= 15 is 0 Å². The SMILES string of the molecule is O=C(Cc1cccc2ccccc12)N1CCC(NCC2CC2)CC1. The Balaban J connectivity index is 1.34. The molecule has 3 nitrogen and oxygen atoms in total. The van der Waals surface area contributed by atoms with Crippen LogP contribution in [0.2, 0.25) is 0 Å². The molecule has 0 bridgehead atoms. The molecule has 1 aliphatic heterocycles. The number of hydrogen-bond donors (Lipinski definition) is 1. The highest BCUT2D eigenvalue weighted by Crippen LogP contribution is 2.28. The molecule has 1 saturated carbocycles. The second kappa shape index (κ2) is 6.94. The molecule has 0 radical (unpaired) electrons. The van der Waals surface area contributed by atoms with E-state index < -0.39 is 0 Å². The number of rotatable bonds is 5. The topological polar surface area (TPSA) is 32.3 Å². The molecule has 1 saturated heterocycles. The van der Waals surface area contributed by atoms with Crippen molar-refractivity contribution in [2.45, 2.75) is 38.1 Å². The third kappa shape index (κ3) is 3.62. The van der Waals surface area contributed by atoms with Crippen molar-refractivity contribution in [1.82, 2.24) is 10.2 Å². The quantitative estimate of drug-likeness (QED) is 0.915. The van der Waals surface area contributed by atoms with Gasteiger partial charge in [0.1, 0.15) is 0 Å². The van der Waals surface area contributed by atoms with Crippen LogP contribution in [0, 0.1) is 5.92 Å². The summed E-state index contributed by atoms with van der Waals surface area (Å²) in [6, 6.07) is 15.2. The Morgan fingerprint density at radius 3 is 2.54 bits per heavy atom. The number of nitrogens with one attached hydrogen (secondary N) is 1. The van der Waals surface area contributed by atoms with E-state index in [1.54, 1.807) is 0 Å². The number of nitrogens with zero attached hydrogens (tertiary/aromatic N) is 1. The molecule has 1 N–H and O–H groups in total. The van der Waals surface area contributed by atoms with Crippen molar-refractivity contribution in [3.05, 3.63) is 48.0 Å². The number of benzene rings is 2. The van der Waals surface area contributed by atoms with E-state index in [9.17, 15) is 4.79 Å². The molecule has 2 aromatic rings. The summed E-state index contributed by atoms with van der Waals surface area (Å²) >= 11 is 0. The van der Waals surface area contributed by atoms with Crippen LogP contribution in [-0.4, -0.2) is 36.5 Å². The molecule has 1 amide bonds. The second-order valence-corrected chi connectivity index (χ2v) is 7.32. The van der Waals surface area contributed by atoms with Crippen molar-refractivity contribution in [3.8, 4) is 0 Å². The molecule has 0 atom stereocenters. The molecule has 0 aromatic heterocycles. The van der Waals surface area contributed by atoms with Gasteiger partial charge in [0.2, 0.25) is 5.91 Å². The highest BCUT2D eigenvalue weighted by atomic mass is 16.2. The van der Waals surface area contributed by atoms with Gasteiger partial charge in [-0.15, -0.1) is 0 Å². The Morgan fingerprint density at radius 2 is 1.75 bits per heavy atom. The smallest absolute Gasteiger partial charge is 0.227 e. The van der Waals surface area contributed by atoms with Crippen LogP contribution in [0.3, 0.4) is 0 Å². The van der Waals surface area contributed by atoms with Crippen molar-refractivity contribution in [2.75, 3.05) is 19.6 Å². The molecule has 2 aromatic carbocycles. The van der Waals surface area contributed by atoms with Crippen LogP contribution in [0.5, 0.6) is 0 Å². The summed E-state index contributed by atoms with van der Waals surface area (Å²) < 4.78 is 0. The lowest BCUT2D eigenvalue weighted by Crippen LogP contribution is -2.45. The van der Waals surface area contributed by atoms with Gasteiger partial charge in [-0.3, -0.25) is 4.79 Å². The number of carbonyl (C=O) groups excluding carboxylic acids is 1. The number of fused-ring (bicyclic) bond motifs is 1. The van der Waals surface area contributed by atoms with Crippen LogP contribution in [0.1, 0.15) is 31.2 Å². The number of carbonyl (C=O) groups is 1. The Morgan fingerprint density at radius 1 is 1.00 bits per heavy atom. The molecular weight excluding hydrogens is 296 g/mol. The molecular formula is C21H26N2O. The highest BCUT2D eigenvalue weighted by Gasteiger charge is 2.26. The van der Waals surface area contributed by atoms with Crippen LogP contribution in [-0.2, 0) is 11.2 Å². The van der Waals surface area contributed by atoms with Gasteiger partial charge in [-0.2, -0.15) is 0 Å². The van der Waals surface area contributed by atoms with E-state index in [0.717, 1.165) is 37.4 Å². The Hall–Kier alpha value is -1.87.